The van der Waals surface area contributed by atoms with Crippen LogP contribution in [0.1, 0.15) is 25.0 Å². The van der Waals surface area contributed by atoms with Crippen molar-refractivity contribution in [3.8, 4) is 55.9 Å². The molecule has 0 unspecified atom stereocenters. The lowest BCUT2D eigenvalue weighted by atomic mass is 9.82. The van der Waals surface area contributed by atoms with Crippen molar-refractivity contribution < 1.29 is 0 Å². The summed E-state index contributed by atoms with van der Waals surface area (Å²) in [6.45, 7) is 4.72. The van der Waals surface area contributed by atoms with Crippen LogP contribution in [0.2, 0.25) is 0 Å². The number of fused-ring (bicyclic) bond motifs is 7. The van der Waals surface area contributed by atoms with Gasteiger partial charge >= 0.3 is 0 Å². The van der Waals surface area contributed by atoms with E-state index in [1.165, 1.54) is 44.2 Å². The van der Waals surface area contributed by atoms with E-state index in [1.807, 2.05) is 0 Å². The molecule has 2 aromatic heterocycles. The lowest BCUT2D eigenvalue weighted by Crippen LogP contribution is -2.17. The highest BCUT2D eigenvalue weighted by molar-refractivity contribution is 6.16. The van der Waals surface area contributed by atoms with Gasteiger partial charge in [-0.15, -0.1) is 0 Å². The summed E-state index contributed by atoms with van der Waals surface area (Å²) >= 11 is 0. The lowest BCUT2D eigenvalue weighted by Gasteiger charge is -2.32. The van der Waals surface area contributed by atoms with Gasteiger partial charge < -0.3 is 4.90 Å². The Balaban J connectivity index is 1.22. The summed E-state index contributed by atoms with van der Waals surface area (Å²) in [4.78, 5) is 2.53. The summed E-state index contributed by atoms with van der Waals surface area (Å²) in [7, 11) is 0. The van der Waals surface area contributed by atoms with Gasteiger partial charge in [-0.3, -0.25) is 0 Å². The lowest BCUT2D eigenvalue weighted by molar-refractivity contribution is 0.660. The van der Waals surface area contributed by atoms with Gasteiger partial charge in [0.1, 0.15) is 5.69 Å². The summed E-state index contributed by atoms with van der Waals surface area (Å²) in [5, 5.41) is 10.5. The fourth-order valence-electron chi connectivity index (χ4n) is 10.2. The van der Waals surface area contributed by atoms with Gasteiger partial charge in [-0.2, -0.15) is 5.10 Å². The molecule has 63 heavy (non-hydrogen) atoms. The summed E-state index contributed by atoms with van der Waals surface area (Å²) in [5.41, 5.74) is 18.1. The first-order chi connectivity index (χ1) is 31.0. The van der Waals surface area contributed by atoms with Crippen molar-refractivity contribution >= 4 is 44.1 Å². The topological polar surface area (TPSA) is 20.5 Å². The molecule has 0 aliphatic heterocycles. The van der Waals surface area contributed by atoms with Gasteiger partial charge in [-0.25, -0.2) is 4.52 Å². The second-order valence-corrected chi connectivity index (χ2v) is 17.1. The normalized spacial score (nSPS) is 12.7. The molecule has 9 aromatic carbocycles. The van der Waals surface area contributed by atoms with Crippen LogP contribution in [0.5, 0.6) is 0 Å². The summed E-state index contributed by atoms with van der Waals surface area (Å²) < 4.78 is 2.25. The van der Waals surface area contributed by atoms with Crippen LogP contribution in [0.25, 0.3) is 83.0 Å². The van der Waals surface area contributed by atoms with Crippen molar-refractivity contribution in [1.29, 1.82) is 0 Å². The Kier molecular flexibility index (Phi) is 8.52. The third-order valence-electron chi connectivity index (χ3n) is 13.2. The molecule has 3 nitrogen and oxygen atoms in total. The maximum absolute atomic E-state index is 5.72. The monoisotopic (exact) mass is 805 g/mol. The van der Waals surface area contributed by atoms with E-state index in [2.05, 4.69) is 248 Å². The number of nitrogens with zero attached hydrogens (tertiary/aromatic N) is 3. The zero-order chi connectivity index (χ0) is 42.1. The third-order valence-corrected chi connectivity index (χ3v) is 13.2. The van der Waals surface area contributed by atoms with Gasteiger partial charge in [0.05, 0.1) is 22.6 Å². The second-order valence-electron chi connectivity index (χ2n) is 17.1. The Labute approximate surface area is 367 Å². The van der Waals surface area contributed by atoms with Crippen LogP contribution in [0, 0.1) is 0 Å². The first-order valence-electron chi connectivity index (χ1n) is 21.8. The highest BCUT2D eigenvalue weighted by Crippen LogP contribution is 2.56. The number of anilines is 3. The van der Waals surface area contributed by atoms with Crippen LogP contribution in [-0.4, -0.2) is 9.61 Å². The molecule has 0 amide bonds. The Morgan fingerprint density at radius 2 is 1.02 bits per heavy atom. The van der Waals surface area contributed by atoms with Crippen LogP contribution >= 0.6 is 0 Å². The number of aromatic nitrogens is 2. The predicted molar refractivity (Wildman–Crippen MR) is 264 cm³/mol. The molecule has 3 heteroatoms. The van der Waals surface area contributed by atoms with E-state index in [0.29, 0.717) is 0 Å². The van der Waals surface area contributed by atoms with Crippen molar-refractivity contribution in [2.45, 2.75) is 19.3 Å². The smallest absolute Gasteiger partial charge is 0.101 e. The second kappa shape index (κ2) is 14.6. The molecule has 0 radical (unpaired) electrons. The number of pyridine rings is 1. The number of rotatable bonds is 7. The number of benzene rings is 9. The van der Waals surface area contributed by atoms with Crippen molar-refractivity contribution in [3.05, 3.63) is 236 Å². The maximum atomic E-state index is 5.72. The Morgan fingerprint density at radius 1 is 0.429 bits per heavy atom. The molecule has 11 aromatic rings. The number of hydrogen-bond donors (Lipinski definition) is 0. The van der Waals surface area contributed by atoms with E-state index in [4.69, 9.17) is 5.10 Å². The van der Waals surface area contributed by atoms with Gasteiger partial charge in [0.25, 0.3) is 0 Å². The van der Waals surface area contributed by atoms with Gasteiger partial charge in [0.2, 0.25) is 0 Å². The van der Waals surface area contributed by atoms with Crippen LogP contribution < -0.4 is 4.90 Å². The molecule has 0 saturated carbocycles. The van der Waals surface area contributed by atoms with Gasteiger partial charge in [-0.05, 0) is 68.4 Å². The van der Waals surface area contributed by atoms with E-state index in [1.54, 1.807) is 0 Å². The quantitative estimate of drug-likeness (QED) is 0.160. The Hall–Kier alpha value is -8.01. The maximum Gasteiger partial charge on any atom is 0.101 e. The molecule has 12 rings (SSSR count). The molecule has 0 atom stereocenters. The van der Waals surface area contributed by atoms with E-state index in [9.17, 15) is 0 Å². The van der Waals surface area contributed by atoms with Crippen molar-refractivity contribution in [3.63, 3.8) is 0 Å². The summed E-state index contributed by atoms with van der Waals surface area (Å²) in [6, 6.07) is 81.5. The molecule has 1 aliphatic carbocycles. The zero-order valence-electron chi connectivity index (χ0n) is 35.2. The van der Waals surface area contributed by atoms with E-state index >= 15 is 0 Å². The Morgan fingerprint density at radius 3 is 1.76 bits per heavy atom. The summed E-state index contributed by atoms with van der Waals surface area (Å²) in [6.07, 6.45) is 0. The van der Waals surface area contributed by atoms with Gasteiger partial charge in [0, 0.05) is 44.1 Å². The van der Waals surface area contributed by atoms with Crippen molar-refractivity contribution in [1.82, 2.24) is 9.61 Å². The zero-order valence-corrected chi connectivity index (χ0v) is 35.2. The molecule has 0 spiro atoms. The molecular formula is C60H43N3. The minimum absolute atomic E-state index is 0.182. The van der Waals surface area contributed by atoms with Gasteiger partial charge in [-0.1, -0.05) is 214 Å². The summed E-state index contributed by atoms with van der Waals surface area (Å²) in [5.74, 6) is 0. The molecule has 2 heterocycles. The molecule has 1 aliphatic rings. The van der Waals surface area contributed by atoms with Crippen molar-refractivity contribution in [2.24, 2.45) is 0 Å². The third kappa shape index (κ3) is 5.85. The predicted octanol–water partition coefficient (Wildman–Crippen LogP) is 16.1. The minimum atomic E-state index is -0.182. The largest absolute Gasteiger partial charge is 0.307 e. The SMILES string of the molecule is CC1(C)c2ccccc2-c2c(N(c3ccc(-c4ccc5ccccc5c4)cc3)c3c(-c4ccccc4)n4nc(-c5ccccc5)c(-c5ccccc5)c4c4ccccc34)cccc21. The fraction of sp³-hybridized carbons (Fsp3) is 0.0500. The van der Waals surface area contributed by atoms with E-state index < -0.39 is 0 Å². The van der Waals surface area contributed by atoms with Crippen LogP contribution in [-0.2, 0) is 5.41 Å². The van der Waals surface area contributed by atoms with Gasteiger partial charge in [0.15, 0.2) is 0 Å². The minimum Gasteiger partial charge on any atom is -0.307 e. The fourth-order valence-corrected chi connectivity index (χ4v) is 10.2. The van der Waals surface area contributed by atoms with Crippen LogP contribution in [0.15, 0.2) is 224 Å². The highest BCUT2D eigenvalue weighted by atomic mass is 15.3. The average molecular weight is 806 g/mol. The van der Waals surface area contributed by atoms with Crippen molar-refractivity contribution in [2.75, 3.05) is 4.90 Å². The molecule has 0 fully saturated rings. The molecule has 0 saturated heterocycles. The molecule has 0 bridgehead atoms. The van der Waals surface area contributed by atoms with Crippen LogP contribution in [0.4, 0.5) is 17.1 Å². The molecular weight excluding hydrogens is 763 g/mol. The highest BCUT2D eigenvalue weighted by Gasteiger charge is 2.38. The molecule has 298 valence electrons. The van der Waals surface area contributed by atoms with E-state index in [-0.39, 0.29) is 5.41 Å². The molecule has 0 N–H and O–H groups in total. The first-order valence-corrected chi connectivity index (χ1v) is 21.8. The number of hydrogen-bond acceptors (Lipinski definition) is 2. The first kappa shape index (κ1) is 36.8. The van der Waals surface area contributed by atoms with Crippen LogP contribution in [0.3, 0.4) is 0 Å². The van der Waals surface area contributed by atoms with E-state index in [0.717, 1.165) is 67.0 Å². The average Bonchev–Trinajstić information content (AvgIpc) is 3.86. The standard InChI is InChI=1S/C60H43N3/c1-60(2)51-30-17-16-29-50(51)55-52(60)31-18-32-53(55)62(47-37-35-41(36-38-47)46-34-33-40-19-12-13-26-45(40)39-46)59-49-28-15-14-27-48(49)58-54(42-20-6-3-7-21-42)56(43-22-8-4-9-23-43)61-63(58)57(59)44-24-10-5-11-25-44/h3-39H,1-2H3. The Bertz CT molecular complexity index is 3510.